The van der Waals surface area contributed by atoms with Crippen LogP contribution in [0, 0.1) is 0 Å². The lowest BCUT2D eigenvalue weighted by Gasteiger charge is -2.56. The predicted molar refractivity (Wildman–Crippen MR) is 321 cm³/mol. The van der Waals surface area contributed by atoms with Crippen LogP contribution in [0.2, 0.25) is 0 Å². The van der Waals surface area contributed by atoms with Crippen molar-refractivity contribution in [1.29, 1.82) is 0 Å². The Kier molecular flexibility index (Phi) is 7.53. The first kappa shape index (κ1) is 39.9. The van der Waals surface area contributed by atoms with Gasteiger partial charge in [-0.15, -0.1) is 0 Å². The summed E-state index contributed by atoms with van der Waals surface area (Å²) in [6, 6.07) is 91.2. The van der Waals surface area contributed by atoms with E-state index in [9.17, 15) is 0 Å². The Morgan fingerprint density at radius 1 is 0.253 bits per heavy atom. The van der Waals surface area contributed by atoms with Crippen LogP contribution in [0.25, 0.3) is 0 Å². The van der Waals surface area contributed by atoms with Crippen LogP contribution in [-0.4, -0.2) is 41.0 Å². The molecule has 0 saturated heterocycles. The third-order valence-electron chi connectivity index (χ3n) is 18.5. The number of anilines is 12. The van der Waals surface area contributed by atoms with E-state index in [1.807, 2.05) is 0 Å². The van der Waals surface area contributed by atoms with Gasteiger partial charge in [0.2, 0.25) is 13.4 Å². The van der Waals surface area contributed by atoms with Gasteiger partial charge in [0.25, 0.3) is 13.4 Å². The number of fused-ring (bicyclic) bond motifs is 8. The molecule has 0 aromatic heterocycles. The molecule has 0 saturated carbocycles. The maximum absolute atomic E-state index is 2.84. The molecule has 0 N–H and O–H groups in total. The minimum atomic E-state index is -2.28. The smallest absolute Gasteiger partial charge is 0.315 e. The van der Waals surface area contributed by atoms with Gasteiger partial charge in [-0.3, -0.25) is 0 Å². The van der Waals surface area contributed by atoms with Crippen LogP contribution in [0.4, 0.5) is 68.2 Å². The third-order valence-corrected chi connectivity index (χ3v) is 21.8. The molecule has 0 fully saturated rings. The topological polar surface area (TPSA) is 13.0 Å². The van der Waals surface area contributed by atoms with Crippen LogP contribution < -0.4 is 98.4 Å². The first-order valence-corrected chi connectivity index (χ1v) is 28.4. The van der Waals surface area contributed by atoms with Crippen molar-refractivity contribution in [3.05, 3.63) is 237 Å². The van der Waals surface area contributed by atoms with E-state index in [0.29, 0.717) is 0 Å². The van der Waals surface area contributed by atoms with E-state index in [4.69, 9.17) is 0 Å². The fraction of sp³-hybridized carbons (Fsp3) is 0. The molecule has 8 aliphatic rings. The van der Waals surface area contributed by atoms with Crippen LogP contribution in [0.1, 0.15) is 0 Å². The molecule has 4 nitrogen and oxygen atoms in total. The van der Waals surface area contributed by atoms with E-state index >= 15 is 0 Å². The SMILES string of the molecule is c1ccc(B2c3ccc[c]4c3N3c5c2ccc2c5B(c5ccccc5N2c2ccccc2)c2cc5c6[c](c23)[Al]4[c]2cccc3c2N6c2c(ccc4c2B5c2ccccc2N4c2ccccc2)B3c2ccccc2)cc1. The first-order valence-electron chi connectivity index (χ1n) is 26.7. The fourth-order valence-electron chi connectivity index (χ4n) is 16.0. The Morgan fingerprint density at radius 2 is 0.640 bits per heavy atom. The van der Waals surface area contributed by atoms with Crippen molar-refractivity contribution in [1.82, 2.24) is 0 Å². The summed E-state index contributed by atoms with van der Waals surface area (Å²) in [7, 11) is 0. The lowest BCUT2D eigenvalue weighted by molar-refractivity contribution is 1.24. The van der Waals surface area contributed by atoms with Gasteiger partial charge in [0.1, 0.15) is 0 Å². The van der Waals surface area contributed by atoms with Crippen molar-refractivity contribution >= 4 is 188 Å². The fourth-order valence-corrected chi connectivity index (χ4v) is 19.8. The van der Waals surface area contributed by atoms with E-state index < -0.39 is 14.1 Å². The van der Waals surface area contributed by atoms with Gasteiger partial charge in [0.15, 0.2) is 0 Å². The molecule has 0 bridgehead atoms. The van der Waals surface area contributed by atoms with E-state index in [0.717, 1.165) is 0 Å². The van der Waals surface area contributed by atoms with Crippen molar-refractivity contribution in [2.75, 3.05) is 19.6 Å². The highest BCUT2D eigenvalue weighted by atomic mass is 27.2. The van der Waals surface area contributed by atoms with E-state index in [-0.39, 0.29) is 26.9 Å². The maximum atomic E-state index is 2.84. The van der Waals surface area contributed by atoms with Crippen molar-refractivity contribution in [2.24, 2.45) is 0 Å². The molecule has 8 heterocycles. The molecule has 0 spiro atoms. The van der Waals surface area contributed by atoms with Crippen LogP contribution in [0.3, 0.4) is 0 Å². The first-order chi connectivity index (χ1) is 37.3. The average molecular weight is 958 g/mol. The predicted octanol–water partition coefficient (Wildman–Crippen LogP) is 4.65. The van der Waals surface area contributed by atoms with Gasteiger partial charge in [0, 0.05) is 68.2 Å². The van der Waals surface area contributed by atoms with Gasteiger partial charge < -0.3 is 19.6 Å². The average Bonchev–Trinajstić information content (AvgIpc) is 3.64. The maximum Gasteiger partial charge on any atom is 0.396 e. The second-order valence-corrected chi connectivity index (χ2v) is 24.4. The summed E-state index contributed by atoms with van der Waals surface area (Å²) in [4.78, 5) is 10.8. The largest absolute Gasteiger partial charge is 0.396 e. The molecule has 11 aromatic rings. The molecule has 8 aliphatic heterocycles. The highest BCUT2D eigenvalue weighted by Gasteiger charge is 2.59. The molecule has 75 heavy (non-hydrogen) atoms. The number of benzene rings is 11. The molecule has 0 unspecified atom stereocenters. The summed E-state index contributed by atoms with van der Waals surface area (Å²) in [5.41, 5.74) is 32.6. The summed E-state index contributed by atoms with van der Waals surface area (Å²) in [5.74, 6) is 0. The summed E-state index contributed by atoms with van der Waals surface area (Å²) in [6.07, 6.45) is 0. The summed E-state index contributed by atoms with van der Waals surface area (Å²) >= 11 is -2.28. The van der Waals surface area contributed by atoms with Crippen molar-refractivity contribution in [3.8, 4) is 0 Å². The van der Waals surface area contributed by atoms with Gasteiger partial charge in [0.05, 0.1) is 0 Å². The number of hydrogen-bond donors (Lipinski definition) is 0. The monoisotopic (exact) mass is 958 g/mol. The molecule has 19 rings (SSSR count). The summed E-state index contributed by atoms with van der Waals surface area (Å²) in [5, 5.41) is 0. The molecule has 0 amide bonds. The van der Waals surface area contributed by atoms with Crippen LogP contribution in [0.5, 0.6) is 0 Å². The molecular weight excluding hydrogens is 919 g/mol. The quantitative estimate of drug-likeness (QED) is 0.239. The normalized spacial score (nSPS) is 15.0. The molecule has 338 valence electrons. The summed E-state index contributed by atoms with van der Waals surface area (Å²) in [6.45, 7) is 0.143. The molecule has 0 radical (unpaired) electrons. The molecule has 9 heteroatoms. The molecule has 0 aliphatic carbocycles. The molecule has 11 aromatic carbocycles. The summed E-state index contributed by atoms with van der Waals surface area (Å²) < 4.78 is 4.65. The Morgan fingerprint density at radius 3 is 1.09 bits per heavy atom. The van der Waals surface area contributed by atoms with E-state index in [2.05, 4.69) is 256 Å². The van der Waals surface area contributed by atoms with Crippen molar-refractivity contribution < 1.29 is 0 Å². The number of nitrogens with zero attached hydrogens (tertiary/aromatic N) is 4. The lowest BCUT2D eigenvalue weighted by atomic mass is 9.27. The second-order valence-electron chi connectivity index (χ2n) is 21.7. The number of rotatable bonds is 4. The number of hydrogen-bond acceptors (Lipinski definition) is 4. The minimum absolute atomic E-state index is 0.000184. The highest BCUT2D eigenvalue weighted by molar-refractivity contribution is 7.11. The third kappa shape index (κ3) is 4.75. The van der Waals surface area contributed by atoms with E-state index in [1.54, 1.807) is 4.43 Å². The number of para-hydroxylation sites is 6. The zero-order chi connectivity index (χ0) is 48.4. The Labute approximate surface area is 441 Å². The van der Waals surface area contributed by atoms with Gasteiger partial charge in [-0.25, -0.2) is 0 Å². The Hall–Kier alpha value is -8.59. The van der Waals surface area contributed by atoms with Crippen molar-refractivity contribution in [2.45, 2.75) is 0 Å². The van der Waals surface area contributed by atoms with Crippen LogP contribution >= 0.6 is 0 Å². The highest BCUT2D eigenvalue weighted by Crippen LogP contribution is 2.50. The van der Waals surface area contributed by atoms with Gasteiger partial charge in [-0.05, 0) is 103 Å². The Bertz CT molecular complexity index is 4110. The Balaban J connectivity index is 1.00. The second kappa shape index (κ2) is 14.2. The lowest BCUT2D eigenvalue weighted by Crippen LogP contribution is -2.77. The van der Waals surface area contributed by atoms with Crippen LogP contribution in [-0.2, 0) is 0 Å². The zero-order valence-corrected chi connectivity index (χ0v) is 41.8. The van der Waals surface area contributed by atoms with E-state index in [1.165, 1.54) is 143 Å². The minimum Gasteiger partial charge on any atom is -0.315 e. The van der Waals surface area contributed by atoms with Gasteiger partial charge >= 0.3 is 14.1 Å². The van der Waals surface area contributed by atoms with Crippen molar-refractivity contribution in [3.63, 3.8) is 0 Å². The van der Waals surface area contributed by atoms with Gasteiger partial charge in [-0.2, -0.15) is 0 Å². The molecule has 0 atom stereocenters. The molecular formula is C66H39AlB4N4. The standard InChI is InChI=1S/C66H39B4N4.Al/c1-5-21-43(22-6-1)67-47-29-13-19-35-57(47)73-61-42-62-54(41-53(61)69-49-31-15-17-33-55(49)71(45-25-9-3-10-26-45)59-39-37-51(67)65(73)63(59)69)70-50-32-16-18-34-56(50)72(46-27-11-4-12-28-46)60-40-38-52-66(64(60)70)74(62)58-36-20-14-30-48(58)68(52)44-23-7-2-8-24-44;/h1-34,37-41H;. The van der Waals surface area contributed by atoms with Crippen LogP contribution in [0.15, 0.2) is 237 Å². The zero-order valence-electron chi connectivity index (χ0n) is 40.7. The van der Waals surface area contributed by atoms with Gasteiger partial charge in [-0.1, -0.05) is 212 Å².